The van der Waals surface area contributed by atoms with E-state index in [4.69, 9.17) is 10.5 Å². The van der Waals surface area contributed by atoms with Gasteiger partial charge in [0, 0.05) is 12.0 Å². The van der Waals surface area contributed by atoms with Crippen LogP contribution in [0.3, 0.4) is 0 Å². The normalized spacial score (nSPS) is 24.8. The molecule has 15 heavy (non-hydrogen) atoms. The van der Waals surface area contributed by atoms with Gasteiger partial charge in [0.1, 0.15) is 5.75 Å². The van der Waals surface area contributed by atoms with Crippen molar-refractivity contribution in [1.82, 2.24) is 0 Å². The molecule has 0 radical (unpaired) electrons. The monoisotopic (exact) mass is 205 g/mol. The average Bonchev–Trinajstić information content (AvgIpc) is 2.22. The van der Waals surface area contributed by atoms with Crippen molar-refractivity contribution in [1.29, 1.82) is 0 Å². The fraction of sp³-hybridized carbons (Fsp3) is 0.538. The summed E-state index contributed by atoms with van der Waals surface area (Å²) in [5.74, 6) is 1.54. The van der Waals surface area contributed by atoms with Crippen LogP contribution < -0.4 is 10.5 Å². The molecule has 1 saturated carbocycles. The predicted octanol–water partition coefficient (Wildman–Crippen LogP) is 2.52. The lowest BCUT2D eigenvalue weighted by Gasteiger charge is -2.35. The Hall–Kier alpha value is -1.02. The molecule has 1 aliphatic rings. The van der Waals surface area contributed by atoms with E-state index in [0.29, 0.717) is 12.0 Å². The smallest absolute Gasteiger partial charge is 0.125 e. The first-order valence-electron chi connectivity index (χ1n) is 5.54. The molecule has 2 N–H and O–H groups in total. The molecule has 2 nitrogen and oxygen atoms in total. The highest BCUT2D eigenvalue weighted by molar-refractivity contribution is 5.48. The van der Waals surface area contributed by atoms with Gasteiger partial charge in [0.05, 0.1) is 7.11 Å². The first-order valence-corrected chi connectivity index (χ1v) is 5.54. The molecule has 0 aliphatic heterocycles. The van der Waals surface area contributed by atoms with Crippen molar-refractivity contribution in [3.8, 4) is 5.75 Å². The Labute approximate surface area is 91.4 Å². The lowest BCUT2D eigenvalue weighted by atomic mass is 9.74. The highest BCUT2D eigenvalue weighted by Crippen LogP contribution is 2.41. The third-order valence-corrected chi connectivity index (χ3v) is 3.64. The van der Waals surface area contributed by atoms with Crippen molar-refractivity contribution in [3.63, 3.8) is 0 Å². The molecule has 2 atom stereocenters. The van der Waals surface area contributed by atoms with Crippen LogP contribution in [0.5, 0.6) is 5.75 Å². The molecule has 1 aromatic carbocycles. The number of hydrogen-bond acceptors (Lipinski definition) is 2. The van der Waals surface area contributed by atoms with Gasteiger partial charge in [-0.3, -0.25) is 0 Å². The van der Waals surface area contributed by atoms with E-state index in [2.05, 4.69) is 26.0 Å². The van der Waals surface area contributed by atoms with Gasteiger partial charge in [-0.15, -0.1) is 0 Å². The summed E-state index contributed by atoms with van der Waals surface area (Å²) in [6, 6.07) is 4.66. The van der Waals surface area contributed by atoms with Gasteiger partial charge in [0.15, 0.2) is 0 Å². The fourth-order valence-electron chi connectivity index (χ4n) is 2.29. The zero-order valence-corrected chi connectivity index (χ0v) is 9.71. The zero-order chi connectivity index (χ0) is 11.0. The summed E-state index contributed by atoms with van der Waals surface area (Å²) in [6.07, 6.45) is 2.33. The van der Waals surface area contributed by atoms with Crippen LogP contribution in [-0.4, -0.2) is 13.2 Å². The molecule has 1 fully saturated rings. The van der Waals surface area contributed by atoms with Crippen molar-refractivity contribution in [2.75, 3.05) is 7.11 Å². The Balaban J connectivity index is 2.42. The zero-order valence-electron chi connectivity index (χ0n) is 9.71. The van der Waals surface area contributed by atoms with Crippen molar-refractivity contribution in [2.24, 2.45) is 5.73 Å². The molecule has 0 bridgehead atoms. The van der Waals surface area contributed by atoms with E-state index in [-0.39, 0.29) is 0 Å². The van der Waals surface area contributed by atoms with Gasteiger partial charge in [-0.05, 0) is 43.4 Å². The molecular formula is C13H19NO. The third kappa shape index (κ3) is 1.63. The molecule has 2 rings (SSSR count). The molecule has 0 spiro atoms. The van der Waals surface area contributed by atoms with E-state index in [0.717, 1.165) is 12.2 Å². The van der Waals surface area contributed by atoms with Crippen LogP contribution in [0.4, 0.5) is 0 Å². The summed E-state index contributed by atoms with van der Waals surface area (Å²) in [4.78, 5) is 0. The van der Waals surface area contributed by atoms with Crippen LogP contribution in [0.2, 0.25) is 0 Å². The summed E-state index contributed by atoms with van der Waals surface area (Å²) in [6.45, 7) is 4.23. The highest BCUT2D eigenvalue weighted by Gasteiger charge is 2.31. The minimum atomic E-state index is 0.320. The summed E-state index contributed by atoms with van der Waals surface area (Å²) in [7, 11) is 1.75. The second kappa shape index (κ2) is 3.86. The second-order valence-electron chi connectivity index (χ2n) is 4.48. The number of aryl methyl sites for hydroxylation is 1. The Bertz CT molecular complexity index is 373. The fourth-order valence-corrected chi connectivity index (χ4v) is 2.29. The number of nitrogens with two attached hydrogens (primary N) is 1. The molecule has 2 unspecified atom stereocenters. The third-order valence-electron chi connectivity index (χ3n) is 3.64. The van der Waals surface area contributed by atoms with Gasteiger partial charge in [-0.25, -0.2) is 0 Å². The molecule has 0 amide bonds. The van der Waals surface area contributed by atoms with Gasteiger partial charge in [0.2, 0.25) is 0 Å². The van der Waals surface area contributed by atoms with Crippen LogP contribution in [0.25, 0.3) is 0 Å². The number of hydrogen-bond donors (Lipinski definition) is 1. The Morgan fingerprint density at radius 1 is 1.27 bits per heavy atom. The van der Waals surface area contributed by atoms with Gasteiger partial charge in [0.25, 0.3) is 0 Å². The summed E-state index contributed by atoms with van der Waals surface area (Å²) < 4.78 is 5.51. The summed E-state index contributed by atoms with van der Waals surface area (Å²) in [5, 5.41) is 0. The van der Waals surface area contributed by atoms with Gasteiger partial charge < -0.3 is 10.5 Å². The molecule has 82 valence electrons. The molecule has 0 aromatic heterocycles. The number of methoxy groups -OCH3 is 1. The Morgan fingerprint density at radius 3 is 2.47 bits per heavy atom. The topological polar surface area (TPSA) is 35.2 Å². The minimum Gasteiger partial charge on any atom is -0.496 e. The van der Waals surface area contributed by atoms with E-state index < -0.39 is 0 Å². The van der Waals surface area contributed by atoms with Crippen molar-refractivity contribution in [2.45, 2.75) is 38.6 Å². The maximum atomic E-state index is 6.01. The van der Waals surface area contributed by atoms with Gasteiger partial charge in [-0.2, -0.15) is 0 Å². The second-order valence-corrected chi connectivity index (χ2v) is 4.48. The standard InChI is InChI=1S/C13H19NO/c1-8-4-5-11(10-6-7-12(10)14)13(15-3)9(8)2/h4-5,10,12H,6-7,14H2,1-3H3. The quantitative estimate of drug-likeness (QED) is 0.805. The van der Waals surface area contributed by atoms with E-state index >= 15 is 0 Å². The molecule has 0 saturated heterocycles. The summed E-state index contributed by atoms with van der Waals surface area (Å²) >= 11 is 0. The Morgan fingerprint density at radius 2 is 2.00 bits per heavy atom. The first-order chi connectivity index (χ1) is 7.15. The van der Waals surface area contributed by atoms with Crippen LogP contribution in [0.15, 0.2) is 12.1 Å². The van der Waals surface area contributed by atoms with Gasteiger partial charge >= 0.3 is 0 Å². The lowest BCUT2D eigenvalue weighted by Crippen LogP contribution is -2.37. The van der Waals surface area contributed by atoms with E-state index in [1.54, 1.807) is 7.11 Å². The van der Waals surface area contributed by atoms with Crippen LogP contribution >= 0.6 is 0 Å². The largest absolute Gasteiger partial charge is 0.496 e. The molecule has 1 aromatic rings. The van der Waals surface area contributed by atoms with Crippen molar-refractivity contribution >= 4 is 0 Å². The number of ether oxygens (including phenoxy) is 1. The van der Waals surface area contributed by atoms with Crippen molar-refractivity contribution in [3.05, 3.63) is 28.8 Å². The maximum Gasteiger partial charge on any atom is 0.125 e. The van der Waals surface area contributed by atoms with E-state index in [9.17, 15) is 0 Å². The van der Waals surface area contributed by atoms with Crippen LogP contribution in [0, 0.1) is 13.8 Å². The predicted molar refractivity (Wildman–Crippen MR) is 62.4 cm³/mol. The lowest BCUT2D eigenvalue weighted by molar-refractivity contribution is 0.328. The van der Waals surface area contributed by atoms with E-state index in [1.807, 2.05) is 0 Å². The van der Waals surface area contributed by atoms with Crippen LogP contribution in [0.1, 0.15) is 35.4 Å². The minimum absolute atomic E-state index is 0.320. The number of benzene rings is 1. The van der Waals surface area contributed by atoms with E-state index in [1.165, 1.54) is 23.1 Å². The molecule has 0 heterocycles. The average molecular weight is 205 g/mol. The molecule has 2 heteroatoms. The molecular weight excluding hydrogens is 186 g/mol. The first kappa shape index (κ1) is 10.5. The summed E-state index contributed by atoms with van der Waals surface area (Å²) in [5.41, 5.74) is 9.83. The SMILES string of the molecule is COc1c(C2CCC2N)ccc(C)c1C. The number of rotatable bonds is 2. The Kier molecular flexibility index (Phi) is 2.70. The van der Waals surface area contributed by atoms with Crippen LogP contribution in [-0.2, 0) is 0 Å². The van der Waals surface area contributed by atoms with Crippen molar-refractivity contribution < 1.29 is 4.74 Å². The highest BCUT2D eigenvalue weighted by atomic mass is 16.5. The molecule has 1 aliphatic carbocycles. The van der Waals surface area contributed by atoms with Gasteiger partial charge in [-0.1, -0.05) is 12.1 Å². The maximum absolute atomic E-state index is 6.01.